The summed E-state index contributed by atoms with van der Waals surface area (Å²) < 4.78 is 0. The van der Waals surface area contributed by atoms with E-state index in [9.17, 15) is 5.11 Å². The van der Waals surface area contributed by atoms with Crippen molar-refractivity contribution < 1.29 is 5.11 Å². The molecule has 1 N–H and O–H groups in total. The van der Waals surface area contributed by atoms with Gasteiger partial charge in [0.15, 0.2) is 0 Å². The van der Waals surface area contributed by atoms with Crippen molar-refractivity contribution in [1.29, 1.82) is 0 Å². The van der Waals surface area contributed by atoms with Crippen LogP contribution in [0.15, 0.2) is 54.6 Å². The van der Waals surface area contributed by atoms with Gasteiger partial charge in [-0.05, 0) is 62.9 Å². The van der Waals surface area contributed by atoms with Crippen LogP contribution in [0.2, 0.25) is 0 Å². The summed E-state index contributed by atoms with van der Waals surface area (Å²) in [5.41, 5.74) is 1.43. The molecule has 5 rings (SSSR count). The predicted molar refractivity (Wildman–Crippen MR) is 93.4 cm³/mol. The van der Waals surface area contributed by atoms with Crippen LogP contribution in [-0.4, -0.2) is 5.11 Å². The first-order valence-corrected chi connectivity index (χ1v) is 7.75. The number of benzene rings is 4. The molecule has 4 aromatic rings. The number of rotatable bonds is 0. The van der Waals surface area contributed by atoms with Gasteiger partial charge in [-0.3, -0.25) is 0 Å². The largest absolute Gasteiger partial charge is 0.385 e. The molecule has 0 bridgehead atoms. The predicted octanol–water partition coefficient (Wildman–Crippen LogP) is 5.21. The van der Waals surface area contributed by atoms with Crippen molar-refractivity contribution >= 4 is 38.4 Å². The molecule has 0 amide bonds. The smallest absolute Gasteiger partial charge is 0.0909 e. The van der Waals surface area contributed by atoms with Crippen molar-refractivity contribution in [3.8, 4) is 0 Å². The van der Waals surface area contributed by atoms with Crippen LogP contribution in [0, 0.1) is 0 Å². The Morgan fingerprint density at radius 3 is 2.45 bits per heavy atom. The Kier molecular flexibility index (Phi) is 2.15. The van der Waals surface area contributed by atoms with Gasteiger partial charge in [0.05, 0.1) is 5.60 Å². The highest BCUT2D eigenvalue weighted by molar-refractivity contribution is 6.24. The fraction of sp³-hybridized carbons (Fsp3) is 0.143. The number of hydrogen-bond donors (Lipinski definition) is 1. The summed E-state index contributed by atoms with van der Waals surface area (Å²) in [7, 11) is 0. The molecule has 1 unspecified atom stereocenters. The minimum Gasteiger partial charge on any atom is -0.385 e. The van der Waals surface area contributed by atoms with Gasteiger partial charge in [0, 0.05) is 0 Å². The summed E-state index contributed by atoms with van der Waals surface area (Å²) in [5, 5.41) is 18.4. The van der Waals surface area contributed by atoms with Crippen molar-refractivity contribution in [2.75, 3.05) is 0 Å². The van der Waals surface area contributed by atoms with E-state index < -0.39 is 5.60 Å². The molecule has 0 spiro atoms. The Labute approximate surface area is 128 Å². The second-order valence-electron chi connectivity index (χ2n) is 6.57. The SMILES string of the molecule is CC1(O)CC=Cc2c1cc1ccc3cccc4ccc2c1c34. The van der Waals surface area contributed by atoms with Crippen molar-refractivity contribution in [2.45, 2.75) is 18.9 Å². The van der Waals surface area contributed by atoms with E-state index in [-0.39, 0.29) is 0 Å². The minimum atomic E-state index is -0.783. The number of fused-ring (bicyclic) bond motifs is 2. The molecule has 4 aromatic carbocycles. The van der Waals surface area contributed by atoms with Gasteiger partial charge in [-0.15, -0.1) is 0 Å². The highest BCUT2D eigenvalue weighted by Gasteiger charge is 2.28. The molecule has 106 valence electrons. The summed E-state index contributed by atoms with van der Waals surface area (Å²) in [4.78, 5) is 0. The summed E-state index contributed by atoms with van der Waals surface area (Å²) >= 11 is 0. The van der Waals surface area contributed by atoms with Crippen LogP contribution in [0.5, 0.6) is 0 Å². The zero-order valence-electron chi connectivity index (χ0n) is 12.4. The second kappa shape index (κ2) is 3.88. The Bertz CT molecular complexity index is 1050. The average Bonchev–Trinajstić information content (AvgIpc) is 2.52. The molecule has 0 saturated heterocycles. The lowest BCUT2D eigenvalue weighted by Gasteiger charge is -2.29. The topological polar surface area (TPSA) is 20.2 Å². The van der Waals surface area contributed by atoms with Crippen molar-refractivity contribution in [1.82, 2.24) is 0 Å². The van der Waals surface area contributed by atoms with Gasteiger partial charge in [-0.25, -0.2) is 0 Å². The molecular weight excluding hydrogens is 268 g/mol. The van der Waals surface area contributed by atoms with E-state index in [2.05, 4.69) is 60.7 Å². The maximum Gasteiger partial charge on any atom is 0.0909 e. The minimum absolute atomic E-state index is 0.674. The molecule has 0 aromatic heterocycles. The van der Waals surface area contributed by atoms with Crippen LogP contribution in [0.4, 0.5) is 0 Å². The molecular formula is C21H16O. The van der Waals surface area contributed by atoms with Gasteiger partial charge in [-0.2, -0.15) is 0 Å². The average molecular weight is 284 g/mol. The molecule has 0 saturated carbocycles. The molecule has 0 heterocycles. The maximum absolute atomic E-state index is 10.8. The van der Waals surface area contributed by atoms with Crippen LogP contribution in [0.25, 0.3) is 38.4 Å². The third-order valence-electron chi connectivity index (χ3n) is 5.07. The molecule has 0 radical (unpaired) electrons. The van der Waals surface area contributed by atoms with E-state index in [0.29, 0.717) is 6.42 Å². The van der Waals surface area contributed by atoms with Gasteiger partial charge in [0.25, 0.3) is 0 Å². The summed E-state index contributed by atoms with van der Waals surface area (Å²) in [6.07, 6.45) is 4.92. The van der Waals surface area contributed by atoms with Crippen LogP contribution >= 0.6 is 0 Å². The van der Waals surface area contributed by atoms with Crippen LogP contribution in [-0.2, 0) is 5.60 Å². The third-order valence-corrected chi connectivity index (χ3v) is 5.07. The van der Waals surface area contributed by atoms with E-state index in [1.807, 2.05) is 6.92 Å². The van der Waals surface area contributed by atoms with E-state index >= 15 is 0 Å². The van der Waals surface area contributed by atoms with Gasteiger partial charge < -0.3 is 5.11 Å². The normalized spacial score (nSPS) is 21.0. The highest BCUT2D eigenvalue weighted by Crippen LogP contribution is 2.42. The summed E-state index contributed by atoms with van der Waals surface area (Å²) in [5.74, 6) is 0. The Balaban J connectivity index is 2.09. The van der Waals surface area contributed by atoms with E-state index in [1.54, 1.807) is 0 Å². The molecule has 1 aliphatic rings. The van der Waals surface area contributed by atoms with E-state index in [4.69, 9.17) is 0 Å². The number of hydrogen-bond acceptors (Lipinski definition) is 1. The van der Waals surface area contributed by atoms with Gasteiger partial charge in [0.2, 0.25) is 0 Å². The Hall–Kier alpha value is -2.38. The van der Waals surface area contributed by atoms with Crippen molar-refractivity contribution in [3.63, 3.8) is 0 Å². The zero-order valence-corrected chi connectivity index (χ0v) is 12.4. The summed E-state index contributed by atoms with van der Waals surface area (Å²) in [6, 6.07) is 17.4. The van der Waals surface area contributed by atoms with E-state index in [1.165, 1.54) is 37.9 Å². The molecule has 1 heteroatoms. The van der Waals surface area contributed by atoms with Gasteiger partial charge in [-0.1, -0.05) is 54.6 Å². The van der Waals surface area contributed by atoms with Crippen LogP contribution in [0.3, 0.4) is 0 Å². The van der Waals surface area contributed by atoms with Gasteiger partial charge >= 0.3 is 0 Å². The van der Waals surface area contributed by atoms with Crippen molar-refractivity contribution in [2.24, 2.45) is 0 Å². The Morgan fingerprint density at radius 2 is 1.64 bits per heavy atom. The molecule has 0 aliphatic heterocycles. The first-order valence-electron chi connectivity index (χ1n) is 7.75. The first kappa shape index (κ1) is 12.2. The lowest BCUT2D eigenvalue weighted by molar-refractivity contribution is 0.0595. The quantitative estimate of drug-likeness (QED) is 0.439. The lowest BCUT2D eigenvalue weighted by Crippen LogP contribution is -2.23. The monoisotopic (exact) mass is 284 g/mol. The third kappa shape index (κ3) is 1.42. The fourth-order valence-electron chi connectivity index (χ4n) is 3.97. The highest BCUT2D eigenvalue weighted by atomic mass is 16.3. The number of aliphatic hydroxyl groups is 1. The first-order chi connectivity index (χ1) is 10.6. The van der Waals surface area contributed by atoms with Gasteiger partial charge in [0.1, 0.15) is 0 Å². The zero-order chi connectivity index (χ0) is 14.9. The second-order valence-corrected chi connectivity index (χ2v) is 6.57. The maximum atomic E-state index is 10.8. The van der Waals surface area contributed by atoms with Crippen molar-refractivity contribution in [3.05, 3.63) is 65.7 Å². The molecule has 22 heavy (non-hydrogen) atoms. The molecule has 1 atom stereocenters. The standard InChI is InChI=1S/C21H16O/c1-21(22)11-3-6-16-17-10-9-14-5-2-4-13-7-8-15(12-18(16)21)20(17)19(13)14/h2-10,12,22H,11H2,1H3. The molecule has 0 fully saturated rings. The molecule has 1 nitrogen and oxygen atoms in total. The van der Waals surface area contributed by atoms with E-state index in [0.717, 1.165) is 5.56 Å². The lowest BCUT2D eigenvalue weighted by atomic mass is 9.80. The Morgan fingerprint density at radius 1 is 0.909 bits per heavy atom. The van der Waals surface area contributed by atoms with Crippen LogP contribution < -0.4 is 0 Å². The molecule has 1 aliphatic carbocycles. The van der Waals surface area contributed by atoms with Crippen LogP contribution in [0.1, 0.15) is 24.5 Å². The fourth-order valence-corrected chi connectivity index (χ4v) is 3.97. The summed E-state index contributed by atoms with van der Waals surface area (Å²) in [6.45, 7) is 1.91.